The van der Waals surface area contributed by atoms with Crippen LogP contribution in [0.2, 0.25) is 0 Å². The lowest BCUT2D eigenvalue weighted by atomic mass is 9.88. The van der Waals surface area contributed by atoms with Crippen molar-refractivity contribution >= 4 is 5.84 Å². The van der Waals surface area contributed by atoms with Gasteiger partial charge in [0, 0.05) is 5.41 Å². The Bertz CT molecular complexity index is 422. The summed E-state index contributed by atoms with van der Waals surface area (Å²) in [5.74, 6) is 1.98. The van der Waals surface area contributed by atoms with E-state index in [9.17, 15) is 0 Å². The summed E-state index contributed by atoms with van der Waals surface area (Å²) in [6.07, 6.45) is 0.642. The first-order valence-electron chi connectivity index (χ1n) is 6.10. The lowest BCUT2D eigenvalue weighted by Crippen LogP contribution is -2.32. The molecule has 0 radical (unpaired) electrons. The third kappa shape index (κ3) is 3.77. The summed E-state index contributed by atoms with van der Waals surface area (Å²) in [4.78, 5) is 0. The van der Waals surface area contributed by atoms with Gasteiger partial charge in [-0.2, -0.15) is 0 Å². The van der Waals surface area contributed by atoms with Crippen LogP contribution in [0, 0.1) is 10.8 Å². The first kappa shape index (κ1) is 15.1. The van der Waals surface area contributed by atoms with Crippen LogP contribution < -0.4 is 19.9 Å². The minimum Gasteiger partial charge on any atom is -0.493 e. The summed E-state index contributed by atoms with van der Waals surface area (Å²) in [5.41, 5.74) is 5.16. The number of nitrogens with one attached hydrogen (secondary N) is 1. The summed E-state index contributed by atoms with van der Waals surface area (Å²) in [5, 5.41) is 7.51. The highest BCUT2D eigenvalue weighted by Gasteiger charge is 2.22. The van der Waals surface area contributed by atoms with Crippen LogP contribution in [-0.4, -0.2) is 26.7 Å². The molecule has 0 aliphatic heterocycles. The van der Waals surface area contributed by atoms with Crippen molar-refractivity contribution < 1.29 is 14.2 Å². The molecule has 0 unspecified atom stereocenters. The minimum atomic E-state index is -0.380. The predicted octanol–water partition coefficient (Wildman–Crippen LogP) is 2.43. The number of ether oxygens (including phenoxy) is 3. The Morgan fingerprint density at radius 3 is 2.16 bits per heavy atom. The smallest absolute Gasteiger partial charge is 0.203 e. The number of hydrogen-bond acceptors (Lipinski definition) is 4. The lowest BCUT2D eigenvalue weighted by molar-refractivity contribution is 0.244. The molecular weight excluding hydrogens is 244 g/mol. The topological polar surface area (TPSA) is 77.6 Å². The highest BCUT2D eigenvalue weighted by molar-refractivity contribution is 5.82. The maximum atomic E-state index is 7.51. The van der Waals surface area contributed by atoms with Gasteiger partial charge in [-0.05, 0) is 18.6 Å². The monoisotopic (exact) mass is 266 g/mol. The number of amidine groups is 1. The third-order valence-corrected chi connectivity index (χ3v) is 3.09. The second-order valence-corrected chi connectivity index (χ2v) is 4.89. The van der Waals surface area contributed by atoms with E-state index in [1.54, 1.807) is 14.2 Å². The van der Waals surface area contributed by atoms with Gasteiger partial charge in [0.2, 0.25) is 5.75 Å². The van der Waals surface area contributed by atoms with Gasteiger partial charge >= 0.3 is 0 Å². The van der Waals surface area contributed by atoms with Crippen molar-refractivity contribution in [3.8, 4) is 17.2 Å². The highest BCUT2D eigenvalue weighted by atomic mass is 16.5. The molecule has 0 aliphatic rings. The fraction of sp³-hybridized carbons (Fsp3) is 0.500. The number of hydrogen-bond donors (Lipinski definition) is 2. The molecule has 3 N–H and O–H groups in total. The van der Waals surface area contributed by atoms with Crippen molar-refractivity contribution in [2.75, 3.05) is 20.8 Å². The first-order valence-corrected chi connectivity index (χ1v) is 6.10. The molecule has 0 bridgehead atoms. The maximum absolute atomic E-state index is 7.51. The van der Waals surface area contributed by atoms with Crippen LogP contribution in [-0.2, 0) is 0 Å². The molecular formula is C14H22N2O3. The summed E-state index contributed by atoms with van der Waals surface area (Å²) in [7, 11) is 3.17. The Balaban J connectivity index is 2.75. The molecule has 0 saturated carbocycles. The van der Waals surface area contributed by atoms with Crippen molar-refractivity contribution in [3.63, 3.8) is 0 Å². The van der Waals surface area contributed by atoms with Gasteiger partial charge in [0.15, 0.2) is 11.5 Å². The minimum absolute atomic E-state index is 0.156. The molecule has 0 amide bonds. The fourth-order valence-corrected chi connectivity index (χ4v) is 1.50. The number of rotatable bonds is 7. The number of para-hydroxylation sites is 1. The maximum Gasteiger partial charge on any atom is 0.203 e. The zero-order valence-corrected chi connectivity index (χ0v) is 11.9. The van der Waals surface area contributed by atoms with Gasteiger partial charge in [-0.3, -0.25) is 5.41 Å². The standard InChI is InChI=1S/C14H22N2O3/c1-14(2,13(15)16)8-9-19-12-10(17-3)6-5-7-11(12)18-4/h5-7H,8-9H2,1-4H3,(H3,15,16). The summed E-state index contributed by atoms with van der Waals surface area (Å²) in [6, 6.07) is 5.46. The van der Waals surface area contributed by atoms with Crippen LogP contribution in [0.4, 0.5) is 0 Å². The molecule has 0 aliphatic carbocycles. The van der Waals surface area contributed by atoms with Crippen molar-refractivity contribution in [3.05, 3.63) is 18.2 Å². The van der Waals surface area contributed by atoms with E-state index in [0.717, 1.165) is 0 Å². The molecule has 0 heterocycles. The lowest BCUT2D eigenvalue weighted by Gasteiger charge is -2.23. The molecule has 1 rings (SSSR count). The van der Waals surface area contributed by atoms with E-state index in [1.807, 2.05) is 32.0 Å². The molecule has 5 nitrogen and oxygen atoms in total. The van der Waals surface area contributed by atoms with E-state index < -0.39 is 0 Å². The molecule has 0 saturated heterocycles. The van der Waals surface area contributed by atoms with Crippen LogP contribution in [0.3, 0.4) is 0 Å². The molecule has 0 atom stereocenters. The van der Waals surface area contributed by atoms with Crippen LogP contribution in [0.5, 0.6) is 17.2 Å². The molecule has 106 valence electrons. The Hall–Kier alpha value is -1.91. The van der Waals surface area contributed by atoms with E-state index in [0.29, 0.717) is 30.3 Å². The third-order valence-electron chi connectivity index (χ3n) is 3.09. The van der Waals surface area contributed by atoms with Gasteiger partial charge in [0.1, 0.15) is 0 Å². The zero-order chi connectivity index (χ0) is 14.5. The molecule has 19 heavy (non-hydrogen) atoms. The number of nitrogens with two attached hydrogens (primary N) is 1. The van der Waals surface area contributed by atoms with Gasteiger partial charge in [0.25, 0.3) is 0 Å². The SMILES string of the molecule is COc1cccc(OC)c1OCCC(C)(C)C(=N)N. The predicted molar refractivity (Wildman–Crippen MR) is 75.4 cm³/mol. The van der Waals surface area contributed by atoms with E-state index >= 15 is 0 Å². The second-order valence-electron chi connectivity index (χ2n) is 4.89. The first-order chi connectivity index (χ1) is 8.92. The van der Waals surface area contributed by atoms with Crippen LogP contribution in [0.25, 0.3) is 0 Å². The number of methoxy groups -OCH3 is 2. The molecule has 1 aromatic carbocycles. The normalized spacial score (nSPS) is 10.9. The summed E-state index contributed by atoms with van der Waals surface area (Å²) in [6.45, 7) is 4.26. The van der Waals surface area contributed by atoms with Crippen molar-refractivity contribution in [1.29, 1.82) is 5.41 Å². The largest absolute Gasteiger partial charge is 0.493 e. The van der Waals surface area contributed by atoms with E-state index in [1.165, 1.54) is 0 Å². The van der Waals surface area contributed by atoms with Crippen LogP contribution in [0.1, 0.15) is 20.3 Å². The van der Waals surface area contributed by atoms with E-state index in [2.05, 4.69) is 0 Å². The fourth-order valence-electron chi connectivity index (χ4n) is 1.50. The van der Waals surface area contributed by atoms with Gasteiger partial charge in [-0.1, -0.05) is 19.9 Å². The Morgan fingerprint density at radius 2 is 1.74 bits per heavy atom. The molecule has 0 fully saturated rings. The zero-order valence-electron chi connectivity index (χ0n) is 11.9. The molecule has 0 aromatic heterocycles. The molecule has 1 aromatic rings. The quantitative estimate of drug-likeness (QED) is 0.587. The second kappa shape index (κ2) is 6.31. The van der Waals surface area contributed by atoms with Crippen LogP contribution >= 0.6 is 0 Å². The van der Waals surface area contributed by atoms with E-state index in [4.69, 9.17) is 25.4 Å². The molecule has 0 spiro atoms. The average molecular weight is 266 g/mol. The summed E-state index contributed by atoms with van der Waals surface area (Å²) < 4.78 is 16.2. The molecule has 5 heteroatoms. The highest BCUT2D eigenvalue weighted by Crippen LogP contribution is 2.37. The Kier molecular flexibility index (Phi) is 5.03. The van der Waals surface area contributed by atoms with Crippen molar-refractivity contribution in [1.82, 2.24) is 0 Å². The van der Waals surface area contributed by atoms with Crippen LogP contribution in [0.15, 0.2) is 18.2 Å². The van der Waals surface area contributed by atoms with E-state index in [-0.39, 0.29) is 11.3 Å². The van der Waals surface area contributed by atoms with Crippen molar-refractivity contribution in [2.45, 2.75) is 20.3 Å². The van der Waals surface area contributed by atoms with Gasteiger partial charge in [-0.15, -0.1) is 0 Å². The summed E-state index contributed by atoms with van der Waals surface area (Å²) >= 11 is 0. The van der Waals surface area contributed by atoms with Gasteiger partial charge in [0.05, 0.1) is 26.7 Å². The Morgan fingerprint density at radius 1 is 1.21 bits per heavy atom. The van der Waals surface area contributed by atoms with Crippen molar-refractivity contribution in [2.24, 2.45) is 11.1 Å². The van der Waals surface area contributed by atoms with Gasteiger partial charge in [-0.25, -0.2) is 0 Å². The number of benzene rings is 1. The average Bonchev–Trinajstić information content (AvgIpc) is 2.38. The Labute approximate surface area is 114 Å². The van der Waals surface area contributed by atoms with Gasteiger partial charge < -0.3 is 19.9 Å².